The van der Waals surface area contributed by atoms with Crippen LogP contribution < -0.4 is 11.1 Å². The summed E-state index contributed by atoms with van der Waals surface area (Å²) in [5.74, 6) is -0.0251. The number of amides is 1. The van der Waals surface area contributed by atoms with Crippen molar-refractivity contribution in [1.82, 2.24) is 10.3 Å². The van der Waals surface area contributed by atoms with Gasteiger partial charge in [0, 0.05) is 23.3 Å². The summed E-state index contributed by atoms with van der Waals surface area (Å²) in [6, 6.07) is 24.9. The lowest BCUT2D eigenvalue weighted by molar-refractivity contribution is 0.0930. The zero-order chi connectivity index (χ0) is 20.7. The van der Waals surface area contributed by atoms with Crippen LogP contribution in [0.5, 0.6) is 0 Å². The zero-order valence-corrected chi connectivity index (χ0v) is 17.0. The minimum atomic E-state index is -0.258. The molecule has 4 aromatic rings. The predicted octanol–water partition coefficient (Wildman–Crippen LogP) is 5.02. The first kappa shape index (κ1) is 18.6. The molecule has 4 heteroatoms. The molecule has 0 radical (unpaired) electrons. The predicted molar refractivity (Wildman–Crippen MR) is 121 cm³/mol. The molecule has 0 saturated heterocycles. The van der Waals surface area contributed by atoms with Crippen molar-refractivity contribution in [3.63, 3.8) is 0 Å². The van der Waals surface area contributed by atoms with Crippen molar-refractivity contribution < 1.29 is 4.79 Å². The summed E-state index contributed by atoms with van der Waals surface area (Å²) in [6.45, 7) is 2.44. The van der Waals surface area contributed by atoms with Crippen LogP contribution in [0.15, 0.2) is 72.8 Å². The van der Waals surface area contributed by atoms with Crippen molar-refractivity contribution in [2.24, 2.45) is 5.73 Å². The summed E-state index contributed by atoms with van der Waals surface area (Å²) in [5, 5.41) is 4.39. The van der Waals surface area contributed by atoms with Crippen molar-refractivity contribution in [2.75, 3.05) is 0 Å². The van der Waals surface area contributed by atoms with Gasteiger partial charge >= 0.3 is 0 Å². The number of fused-ring (bicyclic) bond motifs is 1. The van der Waals surface area contributed by atoms with Crippen LogP contribution in [0.3, 0.4) is 0 Å². The normalized spacial score (nSPS) is 14.6. The molecule has 0 atom stereocenters. The molecule has 1 aromatic heterocycles. The highest BCUT2D eigenvalue weighted by Crippen LogP contribution is 2.46. The molecule has 1 saturated carbocycles. The number of H-pyrrole nitrogens is 1. The maximum Gasteiger partial charge on any atom is 0.252 e. The standard InChI is InChI=1S/C26H25N3O/c1-17-13-20-14-22(16-27)28-24(20)15-23(17)25(30)29-26(11-12-26)21-9-7-19(8-10-21)18-5-3-2-4-6-18/h2-10,13-15,28H,11-12,16,27H2,1H3,(H,29,30). The average Bonchev–Trinajstić information content (AvgIpc) is 3.44. The molecule has 0 aliphatic heterocycles. The topological polar surface area (TPSA) is 70.9 Å². The number of nitrogens with two attached hydrogens (primary N) is 1. The third-order valence-corrected chi connectivity index (χ3v) is 6.13. The highest BCUT2D eigenvalue weighted by molar-refractivity contribution is 6.00. The Morgan fingerprint density at radius 3 is 2.37 bits per heavy atom. The van der Waals surface area contributed by atoms with Gasteiger partial charge in [-0.2, -0.15) is 0 Å². The van der Waals surface area contributed by atoms with Gasteiger partial charge in [0.2, 0.25) is 0 Å². The Kier molecular flexibility index (Phi) is 4.44. The maximum absolute atomic E-state index is 13.2. The van der Waals surface area contributed by atoms with E-state index in [0.717, 1.165) is 35.0 Å². The van der Waals surface area contributed by atoms with Gasteiger partial charge in [-0.25, -0.2) is 0 Å². The highest BCUT2D eigenvalue weighted by Gasteiger charge is 2.45. The molecule has 5 rings (SSSR count). The molecule has 30 heavy (non-hydrogen) atoms. The van der Waals surface area contributed by atoms with Crippen molar-refractivity contribution >= 4 is 16.8 Å². The van der Waals surface area contributed by atoms with E-state index < -0.39 is 0 Å². The number of benzene rings is 3. The third-order valence-electron chi connectivity index (χ3n) is 6.13. The van der Waals surface area contributed by atoms with E-state index in [1.165, 1.54) is 16.7 Å². The summed E-state index contributed by atoms with van der Waals surface area (Å²) in [5.41, 5.74) is 12.6. The number of aromatic nitrogens is 1. The SMILES string of the molecule is Cc1cc2cc(CN)[nH]c2cc1C(=O)NC1(c2ccc(-c3ccccc3)cc2)CC1. The van der Waals surface area contributed by atoms with Gasteiger partial charge in [-0.05, 0) is 65.6 Å². The lowest BCUT2D eigenvalue weighted by atomic mass is 9.98. The minimum Gasteiger partial charge on any atom is -0.357 e. The molecule has 0 spiro atoms. The van der Waals surface area contributed by atoms with Crippen molar-refractivity contribution in [2.45, 2.75) is 31.8 Å². The second-order valence-electron chi connectivity index (χ2n) is 8.23. The quantitative estimate of drug-likeness (QED) is 0.444. The molecule has 4 N–H and O–H groups in total. The molecule has 4 nitrogen and oxygen atoms in total. The van der Waals surface area contributed by atoms with Crippen molar-refractivity contribution in [3.8, 4) is 11.1 Å². The number of rotatable bonds is 5. The Morgan fingerprint density at radius 2 is 1.70 bits per heavy atom. The van der Waals surface area contributed by atoms with E-state index in [9.17, 15) is 4.79 Å². The first-order valence-electron chi connectivity index (χ1n) is 10.4. The van der Waals surface area contributed by atoms with E-state index in [1.54, 1.807) is 0 Å². The molecule has 0 unspecified atom stereocenters. The summed E-state index contributed by atoms with van der Waals surface area (Å²) in [4.78, 5) is 16.4. The van der Waals surface area contributed by atoms with Gasteiger partial charge in [-0.1, -0.05) is 54.6 Å². The molecule has 150 valence electrons. The fraction of sp³-hybridized carbons (Fsp3) is 0.192. The van der Waals surface area contributed by atoms with Crippen molar-refractivity contribution in [1.29, 1.82) is 0 Å². The molecular weight excluding hydrogens is 370 g/mol. The summed E-state index contributed by atoms with van der Waals surface area (Å²) in [7, 11) is 0. The second kappa shape index (κ2) is 7.15. The molecule has 1 aliphatic rings. The van der Waals surface area contributed by atoms with Gasteiger partial charge in [0.05, 0.1) is 5.54 Å². The smallest absolute Gasteiger partial charge is 0.252 e. The Labute approximate surface area is 176 Å². The molecule has 1 aliphatic carbocycles. The second-order valence-corrected chi connectivity index (χ2v) is 8.23. The third kappa shape index (κ3) is 3.29. The Morgan fingerprint density at radius 1 is 1.00 bits per heavy atom. The van der Waals surface area contributed by atoms with Crippen LogP contribution in [0.4, 0.5) is 0 Å². The van der Waals surface area contributed by atoms with Crippen LogP contribution in [-0.4, -0.2) is 10.9 Å². The number of carbonyl (C=O) groups is 1. The van der Waals surface area contributed by atoms with Crippen LogP contribution >= 0.6 is 0 Å². The zero-order valence-electron chi connectivity index (χ0n) is 17.0. The Hall–Kier alpha value is -3.37. The fourth-order valence-corrected chi connectivity index (χ4v) is 4.22. The Balaban J connectivity index is 1.39. The van der Waals surface area contributed by atoms with E-state index in [4.69, 9.17) is 5.73 Å². The van der Waals surface area contributed by atoms with Crippen LogP contribution in [-0.2, 0) is 12.1 Å². The number of aromatic amines is 1. The number of carbonyl (C=O) groups excluding carboxylic acids is 1. The van der Waals surface area contributed by atoms with Crippen LogP contribution in [0.2, 0.25) is 0 Å². The van der Waals surface area contributed by atoms with E-state index in [1.807, 2.05) is 43.3 Å². The number of nitrogens with one attached hydrogen (secondary N) is 2. The van der Waals surface area contributed by atoms with Gasteiger partial charge < -0.3 is 16.0 Å². The van der Waals surface area contributed by atoms with Crippen LogP contribution in [0.1, 0.15) is 40.0 Å². The van der Waals surface area contributed by atoms with Crippen molar-refractivity contribution in [3.05, 3.63) is 95.2 Å². The fourth-order valence-electron chi connectivity index (χ4n) is 4.22. The number of hydrogen-bond donors (Lipinski definition) is 3. The summed E-state index contributed by atoms with van der Waals surface area (Å²) in [6.07, 6.45) is 1.93. The Bertz CT molecular complexity index is 1220. The van der Waals surface area contributed by atoms with E-state index in [2.05, 4.69) is 46.7 Å². The van der Waals surface area contributed by atoms with E-state index in [-0.39, 0.29) is 11.4 Å². The van der Waals surface area contributed by atoms with Gasteiger partial charge in [0.15, 0.2) is 0 Å². The molecule has 3 aromatic carbocycles. The summed E-state index contributed by atoms with van der Waals surface area (Å²) < 4.78 is 0. The number of hydrogen-bond acceptors (Lipinski definition) is 2. The first-order chi connectivity index (χ1) is 14.6. The van der Waals surface area contributed by atoms with Gasteiger partial charge in [0.25, 0.3) is 5.91 Å². The average molecular weight is 396 g/mol. The van der Waals surface area contributed by atoms with Crippen LogP contribution in [0, 0.1) is 6.92 Å². The lowest BCUT2D eigenvalue weighted by Gasteiger charge is -2.19. The molecule has 1 heterocycles. The van der Waals surface area contributed by atoms with E-state index >= 15 is 0 Å². The first-order valence-corrected chi connectivity index (χ1v) is 10.4. The van der Waals surface area contributed by atoms with E-state index in [0.29, 0.717) is 12.1 Å². The maximum atomic E-state index is 13.2. The minimum absolute atomic E-state index is 0.0251. The lowest BCUT2D eigenvalue weighted by Crippen LogP contribution is -2.35. The highest BCUT2D eigenvalue weighted by atomic mass is 16.1. The van der Waals surface area contributed by atoms with Gasteiger partial charge in [-0.3, -0.25) is 4.79 Å². The monoisotopic (exact) mass is 395 g/mol. The molecule has 0 bridgehead atoms. The molecule has 1 amide bonds. The largest absolute Gasteiger partial charge is 0.357 e. The van der Waals surface area contributed by atoms with Gasteiger partial charge in [0.1, 0.15) is 0 Å². The van der Waals surface area contributed by atoms with Gasteiger partial charge in [-0.15, -0.1) is 0 Å². The summed E-state index contributed by atoms with van der Waals surface area (Å²) >= 11 is 0. The number of aryl methyl sites for hydroxylation is 1. The van der Waals surface area contributed by atoms with Crippen LogP contribution in [0.25, 0.3) is 22.0 Å². The molecule has 1 fully saturated rings. The molecular formula is C26H25N3O.